The van der Waals surface area contributed by atoms with Crippen molar-refractivity contribution in [1.82, 2.24) is 9.88 Å². The van der Waals surface area contributed by atoms with Crippen LogP contribution in [0.15, 0.2) is 36.5 Å². The van der Waals surface area contributed by atoms with Crippen LogP contribution in [-0.4, -0.2) is 36.8 Å². The van der Waals surface area contributed by atoms with E-state index in [1.54, 1.807) is 0 Å². The Labute approximate surface area is 136 Å². The highest BCUT2D eigenvalue weighted by atomic mass is 16.5. The molecule has 5 heteroatoms. The van der Waals surface area contributed by atoms with Gasteiger partial charge in [-0.1, -0.05) is 18.2 Å². The molecule has 2 aromatic rings. The van der Waals surface area contributed by atoms with Crippen LogP contribution in [0.3, 0.4) is 0 Å². The van der Waals surface area contributed by atoms with Gasteiger partial charge in [-0.05, 0) is 36.8 Å². The molecule has 3 N–H and O–H groups in total. The number of fused-ring (bicyclic) bond motifs is 1. The van der Waals surface area contributed by atoms with E-state index < -0.39 is 5.41 Å². The molecule has 0 saturated carbocycles. The summed E-state index contributed by atoms with van der Waals surface area (Å²) >= 11 is 0. The second kappa shape index (κ2) is 7.15. The number of ether oxygens (including phenoxy) is 1. The van der Waals surface area contributed by atoms with Gasteiger partial charge < -0.3 is 20.4 Å². The van der Waals surface area contributed by atoms with E-state index in [1.165, 1.54) is 10.9 Å². The smallest absolute Gasteiger partial charge is 0.227 e. The van der Waals surface area contributed by atoms with Gasteiger partial charge in [0, 0.05) is 44.6 Å². The lowest BCUT2D eigenvalue weighted by Crippen LogP contribution is -2.49. The number of benzene rings is 1. The summed E-state index contributed by atoms with van der Waals surface area (Å²) in [5.41, 5.74) is 6.67. The van der Waals surface area contributed by atoms with Crippen LogP contribution in [0.2, 0.25) is 0 Å². The molecule has 1 fully saturated rings. The first-order valence-electron chi connectivity index (χ1n) is 8.35. The van der Waals surface area contributed by atoms with Crippen LogP contribution in [0, 0.1) is 5.41 Å². The molecule has 23 heavy (non-hydrogen) atoms. The van der Waals surface area contributed by atoms with Gasteiger partial charge in [0.15, 0.2) is 0 Å². The Morgan fingerprint density at radius 1 is 1.26 bits per heavy atom. The number of rotatable bonds is 6. The molecule has 1 amide bonds. The van der Waals surface area contributed by atoms with Crippen LogP contribution >= 0.6 is 0 Å². The van der Waals surface area contributed by atoms with Gasteiger partial charge in [-0.15, -0.1) is 0 Å². The summed E-state index contributed by atoms with van der Waals surface area (Å²) < 4.78 is 7.58. The number of aromatic nitrogens is 1. The second-order valence-electron chi connectivity index (χ2n) is 6.27. The molecule has 3 rings (SSSR count). The lowest BCUT2D eigenvalue weighted by atomic mass is 9.79. The summed E-state index contributed by atoms with van der Waals surface area (Å²) in [6.07, 6.45) is 4.45. The molecule has 1 aromatic heterocycles. The molecule has 0 spiro atoms. The van der Waals surface area contributed by atoms with Crippen molar-refractivity contribution in [1.29, 1.82) is 0 Å². The summed E-state index contributed by atoms with van der Waals surface area (Å²) in [7, 11) is 0. The second-order valence-corrected chi connectivity index (χ2v) is 6.27. The minimum Gasteiger partial charge on any atom is -0.381 e. The number of nitrogens with zero attached hydrogens (tertiary/aromatic N) is 1. The molecule has 1 aromatic carbocycles. The Morgan fingerprint density at radius 2 is 2.04 bits per heavy atom. The van der Waals surface area contributed by atoms with Gasteiger partial charge in [-0.25, -0.2) is 0 Å². The van der Waals surface area contributed by atoms with Crippen molar-refractivity contribution in [2.45, 2.75) is 25.8 Å². The fourth-order valence-corrected chi connectivity index (χ4v) is 3.26. The van der Waals surface area contributed by atoms with E-state index in [1.807, 2.05) is 6.07 Å². The molecular formula is C18H25N3O2. The molecule has 1 aliphatic rings. The van der Waals surface area contributed by atoms with Gasteiger partial charge in [-0.2, -0.15) is 0 Å². The molecule has 0 radical (unpaired) electrons. The van der Waals surface area contributed by atoms with E-state index in [-0.39, 0.29) is 5.91 Å². The summed E-state index contributed by atoms with van der Waals surface area (Å²) in [6, 6.07) is 10.5. The third-order valence-corrected chi connectivity index (χ3v) is 4.86. The number of nitrogens with two attached hydrogens (primary N) is 1. The number of carbonyl (C=O) groups is 1. The Hall–Kier alpha value is -1.85. The predicted octanol–water partition coefficient (Wildman–Crippen LogP) is 1.90. The van der Waals surface area contributed by atoms with Crippen molar-refractivity contribution in [2.75, 3.05) is 26.3 Å². The summed E-state index contributed by atoms with van der Waals surface area (Å²) in [6.45, 7) is 3.21. The van der Waals surface area contributed by atoms with Crippen LogP contribution < -0.4 is 11.1 Å². The Balaban J connectivity index is 1.50. The minimum absolute atomic E-state index is 0.0839. The maximum Gasteiger partial charge on any atom is 0.227 e. The van der Waals surface area contributed by atoms with Crippen molar-refractivity contribution in [3.63, 3.8) is 0 Å². The third kappa shape index (κ3) is 3.41. The lowest BCUT2D eigenvalue weighted by Gasteiger charge is -2.34. The maximum absolute atomic E-state index is 12.5. The standard InChI is InChI=1S/C18H25N3O2/c19-14-18(7-12-23-13-8-18)17(22)20-9-3-10-21-11-6-15-4-1-2-5-16(15)21/h1-2,4-6,11H,3,7-10,12-14,19H2,(H,20,22). The van der Waals surface area contributed by atoms with Crippen molar-refractivity contribution < 1.29 is 9.53 Å². The van der Waals surface area contributed by atoms with Gasteiger partial charge in [0.2, 0.25) is 5.91 Å². The van der Waals surface area contributed by atoms with Gasteiger partial charge in [0.1, 0.15) is 0 Å². The van der Waals surface area contributed by atoms with Gasteiger partial charge in [0.25, 0.3) is 0 Å². The number of hydrogen-bond donors (Lipinski definition) is 2. The average molecular weight is 315 g/mol. The van der Waals surface area contributed by atoms with Crippen molar-refractivity contribution in [2.24, 2.45) is 11.1 Å². The number of para-hydroxylation sites is 1. The van der Waals surface area contributed by atoms with E-state index in [4.69, 9.17) is 10.5 Å². The highest BCUT2D eigenvalue weighted by molar-refractivity contribution is 5.83. The SMILES string of the molecule is NCC1(C(=O)NCCCn2ccc3ccccc32)CCOCC1. The minimum atomic E-state index is -0.432. The number of aryl methyl sites for hydroxylation is 1. The van der Waals surface area contributed by atoms with E-state index in [2.05, 4.69) is 40.3 Å². The highest BCUT2D eigenvalue weighted by Gasteiger charge is 2.38. The number of carbonyl (C=O) groups excluding carboxylic acids is 1. The molecule has 0 atom stereocenters. The van der Waals surface area contributed by atoms with Crippen LogP contribution in [0.5, 0.6) is 0 Å². The molecule has 2 heterocycles. The largest absolute Gasteiger partial charge is 0.381 e. The third-order valence-electron chi connectivity index (χ3n) is 4.86. The van der Waals surface area contributed by atoms with Crippen LogP contribution in [-0.2, 0) is 16.1 Å². The van der Waals surface area contributed by atoms with Crippen molar-refractivity contribution in [3.8, 4) is 0 Å². The summed E-state index contributed by atoms with van der Waals surface area (Å²) in [5, 5.41) is 4.32. The van der Waals surface area contributed by atoms with Crippen LogP contribution in [0.25, 0.3) is 10.9 Å². The first-order chi connectivity index (χ1) is 11.2. The summed E-state index contributed by atoms with van der Waals surface area (Å²) in [4.78, 5) is 12.5. The van der Waals surface area contributed by atoms with E-state index in [9.17, 15) is 4.79 Å². The fourth-order valence-electron chi connectivity index (χ4n) is 3.26. The molecule has 1 saturated heterocycles. The van der Waals surface area contributed by atoms with Crippen LogP contribution in [0.4, 0.5) is 0 Å². The first-order valence-corrected chi connectivity index (χ1v) is 8.35. The fraction of sp³-hybridized carbons (Fsp3) is 0.500. The monoisotopic (exact) mass is 315 g/mol. The molecule has 0 unspecified atom stereocenters. The predicted molar refractivity (Wildman–Crippen MR) is 91.1 cm³/mol. The van der Waals surface area contributed by atoms with Gasteiger partial charge in [0.05, 0.1) is 5.41 Å². The van der Waals surface area contributed by atoms with E-state index in [0.717, 1.165) is 25.8 Å². The molecule has 124 valence electrons. The Bertz CT molecular complexity index is 659. The van der Waals surface area contributed by atoms with Crippen LogP contribution in [0.1, 0.15) is 19.3 Å². The van der Waals surface area contributed by atoms with Gasteiger partial charge >= 0.3 is 0 Å². The van der Waals surface area contributed by atoms with E-state index >= 15 is 0 Å². The average Bonchev–Trinajstić information content (AvgIpc) is 3.02. The lowest BCUT2D eigenvalue weighted by molar-refractivity contribution is -0.135. The molecular weight excluding hydrogens is 290 g/mol. The van der Waals surface area contributed by atoms with Crippen molar-refractivity contribution in [3.05, 3.63) is 36.5 Å². The maximum atomic E-state index is 12.5. The first kappa shape index (κ1) is 16.0. The molecule has 0 bridgehead atoms. The zero-order valence-electron chi connectivity index (χ0n) is 13.5. The Morgan fingerprint density at radius 3 is 2.83 bits per heavy atom. The molecule has 1 aliphatic heterocycles. The number of amides is 1. The normalized spacial score (nSPS) is 17.3. The quantitative estimate of drug-likeness (QED) is 0.800. The zero-order chi connectivity index (χ0) is 16.1. The number of nitrogens with one attached hydrogen (secondary N) is 1. The molecule has 5 nitrogen and oxygen atoms in total. The van der Waals surface area contributed by atoms with Gasteiger partial charge in [-0.3, -0.25) is 4.79 Å². The molecule has 0 aliphatic carbocycles. The van der Waals surface area contributed by atoms with Crippen molar-refractivity contribution >= 4 is 16.8 Å². The topological polar surface area (TPSA) is 69.3 Å². The highest BCUT2D eigenvalue weighted by Crippen LogP contribution is 2.29. The Kier molecular flexibility index (Phi) is 4.98. The van der Waals surface area contributed by atoms with E-state index in [0.29, 0.717) is 26.3 Å². The number of hydrogen-bond acceptors (Lipinski definition) is 3. The summed E-state index contributed by atoms with van der Waals surface area (Å²) in [5.74, 6) is 0.0839. The zero-order valence-corrected chi connectivity index (χ0v) is 13.5.